The molecule has 1 aromatic rings. The van der Waals surface area contributed by atoms with Crippen molar-refractivity contribution in [1.82, 2.24) is 14.5 Å². The van der Waals surface area contributed by atoms with Gasteiger partial charge in [-0.25, -0.2) is 8.42 Å². The van der Waals surface area contributed by atoms with E-state index in [0.717, 1.165) is 25.7 Å². The van der Waals surface area contributed by atoms with Crippen LogP contribution in [-0.4, -0.2) is 36.0 Å². The number of hydrogen-bond donors (Lipinski definition) is 2. The normalized spacial score (nSPS) is 19.0. The Morgan fingerprint density at radius 1 is 1.33 bits per heavy atom. The van der Waals surface area contributed by atoms with E-state index in [9.17, 15) is 8.42 Å². The van der Waals surface area contributed by atoms with Gasteiger partial charge in [0.05, 0.1) is 6.20 Å². The topological polar surface area (TPSA) is 92.1 Å². The van der Waals surface area contributed by atoms with Gasteiger partial charge < -0.3 is 5.73 Å². The van der Waals surface area contributed by atoms with Gasteiger partial charge in [-0.1, -0.05) is 25.7 Å². The molecule has 1 heterocycles. The van der Waals surface area contributed by atoms with Crippen LogP contribution in [0.15, 0.2) is 11.1 Å². The fraction of sp³-hybridized carbons (Fsp3) is 0.727. The third-order valence-corrected chi connectivity index (χ3v) is 5.57. The highest BCUT2D eigenvalue weighted by atomic mass is 32.2. The lowest BCUT2D eigenvalue weighted by molar-refractivity contribution is 0.336. The molecule has 18 heavy (non-hydrogen) atoms. The van der Waals surface area contributed by atoms with Crippen LogP contribution in [0, 0.1) is 0 Å². The Balaban J connectivity index is 2.21. The average Bonchev–Trinajstić information content (AvgIpc) is 2.63. The van der Waals surface area contributed by atoms with Crippen LogP contribution in [0.2, 0.25) is 0 Å². The van der Waals surface area contributed by atoms with Gasteiger partial charge in [0.1, 0.15) is 10.7 Å². The monoisotopic (exact) mass is 272 g/mol. The minimum absolute atomic E-state index is 0.0757. The van der Waals surface area contributed by atoms with Crippen molar-refractivity contribution >= 4 is 15.8 Å². The van der Waals surface area contributed by atoms with Crippen LogP contribution in [0.1, 0.15) is 38.5 Å². The molecule has 2 rings (SSSR count). The molecule has 7 heteroatoms. The summed E-state index contributed by atoms with van der Waals surface area (Å²) in [5.41, 5.74) is 5.60. The first-order chi connectivity index (χ1) is 8.53. The molecule has 0 bridgehead atoms. The Bertz CT molecular complexity index is 489. The molecule has 1 fully saturated rings. The predicted octanol–water partition coefficient (Wildman–Crippen LogP) is 1.34. The summed E-state index contributed by atoms with van der Waals surface area (Å²) in [5.74, 6) is 0.107. The smallest absolute Gasteiger partial charge is 0.248 e. The molecular formula is C11H20N4O2S. The summed E-state index contributed by atoms with van der Waals surface area (Å²) in [6.07, 6.45) is 7.69. The number of nitrogens with zero attached hydrogens (tertiary/aromatic N) is 2. The van der Waals surface area contributed by atoms with E-state index in [2.05, 4.69) is 10.2 Å². The maximum absolute atomic E-state index is 12.4. The van der Waals surface area contributed by atoms with Gasteiger partial charge >= 0.3 is 0 Å². The molecule has 0 aromatic carbocycles. The van der Waals surface area contributed by atoms with Crippen LogP contribution in [0.4, 0.5) is 5.82 Å². The first kappa shape index (κ1) is 13.4. The van der Waals surface area contributed by atoms with Gasteiger partial charge in [0, 0.05) is 13.1 Å². The maximum atomic E-state index is 12.4. The van der Waals surface area contributed by atoms with E-state index >= 15 is 0 Å². The van der Waals surface area contributed by atoms with Crippen LogP contribution in [0.3, 0.4) is 0 Å². The van der Waals surface area contributed by atoms with Gasteiger partial charge in [-0.05, 0) is 12.8 Å². The Morgan fingerprint density at radius 3 is 2.44 bits per heavy atom. The SMILES string of the molecule is CN(C1CCCCCC1)S(=O)(=O)c1cn[nH]c1N. The van der Waals surface area contributed by atoms with E-state index in [0.29, 0.717) is 0 Å². The summed E-state index contributed by atoms with van der Waals surface area (Å²) in [4.78, 5) is 0.0780. The predicted molar refractivity (Wildman–Crippen MR) is 69.4 cm³/mol. The van der Waals surface area contributed by atoms with E-state index in [4.69, 9.17) is 5.73 Å². The number of hydrogen-bond acceptors (Lipinski definition) is 4. The number of aromatic amines is 1. The van der Waals surface area contributed by atoms with Crippen molar-refractivity contribution in [1.29, 1.82) is 0 Å². The molecule has 3 N–H and O–H groups in total. The second kappa shape index (κ2) is 5.27. The lowest BCUT2D eigenvalue weighted by Gasteiger charge is -2.25. The fourth-order valence-electron chi connectivity index (χ4n) is 2.46. The average molecular weight is 272 g/mol. The number of sulfonamides is 1. The van der Waals surface area contributed by atoms with Crippen molar-refractivity contribution in [3.05, 3.63) is 6.20 Å². The third kappa shape index (κ3) is 2.51. The lowest BCUT2D eigenvalue weighted by Crippen LogP contribution is -2.36. The molecule has 1 saturated carbocycles. The first-order valence-corrected chi connectivity index (χ1v) is 7.74. The van der Waals surface area contributed by atoms with Crippen molar-refractivity contribution in [3.8, 4) is 0 Å². The summed E-state index contributed by atoms with van der Waals surface area (Å²) in [5, 5.41) is 6.15. The van der Waals surface area contributed by atoms with Crippen molar-refractivity contribution in [2.24, 2.45) is 0 Å². The van der Waals surface area contributed by atoms with E-state index in [1.54, 1.807) is 7.05 Å². The number of H-pyrrole nitrogens is 1. The zero-order chi connectivity index (χ0) is 13.2. The van der Waals surface area contributed by atoms with Gasteiger partial charge in [-0.3, -0.25) is 5.10 Å². The second-order valence-corrected chi connectivity index (χ2v) is 6.78. The van der Waals surface area contributed by atoms with Gasteiger partial charge in [0.25, 0.3) is 0 Å². The molecule has 102 valence electrons. The molecule has 0 spiro atoms. The third-order valence-electron chi connectivity index (χ3n) is 3.63. The van der Waals surface area contributed by atoms with E-state index in [1.807, 2.05) is 0 Å². The molecule has 0 saturated heterocycles. The van der Waals surface area contributed by atoms with Gasteiger partial charge in [-0.2, -0.15) is 9.40 Å². The molecule has 0 amide bonds. The molecular weight excluding hydrogens is 252 g/mol. The molecule has 1 aliphatic carbocycles. The van der Waals surface area contributed by atoms with Crippen molar-refractivity contribution in [2.75, 3.05) is 12.8 Å². The molecule has 6 nitrogen and oxygen atoms in total. The highest BCUT2D eigenvalue weighted by Gasteiger charge is 2.30. The number of aromatic nitrogens is 2. The lowest BCUT2D eigenvalue weighted by atomic mass is 10.1. The number of rotatable bonds is 3. The second-order valence-electron chi connectivity index (χ2n) is 4.81. The fourth-order valence-corrected chi connectivity index (χ4v) is 3.89. The zero-order valence-corrected chi connectivity index (χ0v) is 11.4. The van der Waals surface area contributed by atoms with Crippen molar-refractivity contribution in [2.45, 2.75) is 49.5 Å². The molecule has 0 atom stereocenters. The molecule has 0 aliphatic heterocycles. The van der Waals surface area contributed by atoms with Crippen LogP contribution < -0.4 is 5.73 Å². The van der Waals surface area contributed by atoms with Gasteiger partial charge in [0.2, 0.25) is 10.0 Å². The Hall–Kier alpha value is -1.08. The van der Waals surface area contributed by atoms with Crippen LogP contribution >= 0.6 is 0 Å². The Kier molecular flexibility index (Phi) is 3.91. The number of nitrogens with one attached hydrogen (secondary N) is 1. The minimum atomic E-state index is -3.53. The highest BCUT2D eigenvalue weighted by Crippen LogP contribution is 2.27. The Morgan fingerprint density at radius 2 is 1.94 bits per heavy atom. The first-order valence-electron chi connectivity index (χ1n) is 6.30. The van der Waals surface area contributed by atoms with Crippen LogP contribution in [0.25, 0.3) is 0 Å². The highest BCUT2D eigenvalue weighted by molar-refractivity contribution is 7.89. The molecule has 1 aromatic heterocycles. The van der Waals surface area contributed by atoms with Crippen molar-refractivity contribution in [3.63, 3.8) is 0 Å². The van der Waals surface area contributed by atoms with Crippen LogP contribution in [0.5, 0.6) is 0 Å². The molecule has 0 unspecified atom stereocenters. The van der Waals surface area contributed by atoms with E-state index in [1.165, 1.54) is 23.3 Å². The summed E-state index contributed by atoms with van der Waals surface area (Å²) in [6, 6.07) is 0.0757. The standard InChI is InChI=1S/C11H20N4O2S/c1-15(9-6-4-2-3-5-7-9)18(16,17)10-8-13-14-11(10)12/h8-9H,2-7H2,1H3,(H3,12,13,14). The van der Waals surface area contributed by atoms with E-state index in [-0.39, 0.29) is 16.8 Å². The van der Waals surface area contributed by atoms with E-state index < -0.39 is 10.0 Å². The Labute approximate surface area is 108 Å². The van der Waals surface area contributed by atoms with Gasteiger partial charge in [0.15, 0.2) is 0 Å². The van der Waals surface area contributed by atoms with Gasteiger partial charge in [-0.15, -0.1) is 0 Å². The minimum Gasteiger partial charge on any atom is -0.383 e. The number of anilines is 1. The summed E-state index contributed by atoms with van der Waals surface area (Å²) in [6.45, 7) is 0. The maximum Gasteiger partial charge on any atom is 0.248 e. The summed E-state index contributed by atoms with van der Waals surface area (Å²) in [7, 11) is -1.89. The number of nitrogen functional groups attached to an aromatic ring is 1. The number of nitrogens with two attached hydrogens (primary N) is 1. The van der Waals surface area contributed by atoms with Crippen molar-refractivity contribution < 1.29 is 8.42 Å². The largest absolute Gasteiger partial charge is 0.383 e. The molecule has 0 radical (unpaired) electrons. The quantitative estimate of drug-likeness (QED) is 0.812. The van der Waals surface area contributed by atoms with Crippen LogP contribution in [-0.2, 0) is 10.0 Å². The zero-order valence-electron chi connectivity index (χ0n) is 10.6. The summed E-state index contributed by atoms with van der Waals surface area (Å²) < 4.78 is 26.3. The summed E-state index contributed by atoms with van der Waals surface area (Å²) >= 11 is 0. The molecule has 1 aliphatic rings.